The molecule has 0 aliphatic carbocycles. The Labute approximate surface area is 86.3 Å². The van der Waals surface area contributed by atoms with Crippen molar-refractivity contribution < 1.29 is 4.74 Å². The van der Waals surface area contributed by atoms with Crippen molar-refractivity contribution in [3.05, 3.63) is 35.4 Å². The van der Waals surface area contributed by atoms with Crippen LogP contribution in [0.5, 0.6) is 0 Å². The molecule has 14 heavy (non-hydrogen) atoms. The molecular formula is C12H19NO. The SMILES string of the molecule is CNC(C)(C)c1cccc(COC)c1. The van der Waals surface area contributed by atoms with Crippen LogP contribution in [0.3, 0.4) is 0 Å². The minimum atomic E-state index is 0.0176. The van der Waals surface area contributed by atoms with Crippen molar-refractivity contribution in [3.8, 4) is 0 Å². The summed E-state index contributed by atoms with van der Waals surface area (Å²) in [6, 6.07) is 8.47. The smallest absolute Gasteiger partial charge is 0.0713 e. The molecule has 0 amide bonds. The van der Waals surface area contributed by atoms with Gasteiger partial charge in [0.25, 0.3) is 0 Å². The predicted molar refractivity (Wildman–Crippen MR) is 59.2 cm³/mol. The Bertz CT molecular complexity index is 294. The third-order valence-electron chi connectivity index (χ3n) is 2.58. The number of rotatable bonds is 4. The van der Waals surface area contributed by atoms with Crippen LogP contribution in [-0.2, 0) is 16.9 Å². The molecule has 0 atom stereocenters. The van der Waals surface area contributed by atoms with Gasteiger partial charge in [-0.15, -0.1) is 0 Å². The molecule has 2 heteroatoms. The molecule has 0 aromatic heterocycles. The molecule has 1 N–H and O–H groups in total. The summed E-state index contributed by atoms with van der Waals surface area (Å²) in [5.74, 6) is 0. The molecule has 0 aliphatic rings. The minimum absolute atomic E-state index is 0.0176. The number of methoxy groups -OCH3 is 1. The summed E-state index contributed by atoms with van der Waals surface area (Å²) in [5.41, 5.74) is 2.52. The molecule has 1 rings (SSSR count). The molecule has 78 valence electrons. The summed E-state index contributed by atoms with van der Waals surface area (Å²) in [7, 11) is 3.69. The monoisotopic (exact) mass is 193 g/mol. The van der Waals surface area contributed by atoms with E-state index in [2.05, 4.69) is 43.4 Å². The molecule has 0 unspecified atom stereocenters. The fourth-order valence-corrected chi connectivity index (χ4v) is 1.36. The van der Waals surface area contributed by atoms with Crippen LogP contribution < -0.4 is 5.32 Å². The highest BCUT2D eigenvalue weighted by molar-refractivity contribution is 5.28. The molecule has 0 saturated carbocycles. The van der Waals surface area contributed by atoms with E-state index in [9.17, 15) is 0 Å². The van der Waals surface area contributed by atoms with Gasteiger partial charge in [-0.2, -0.15) is 0 Å². The van der Waals surface area contributed by atoms with E-state index < -0.39 is 0 Å². The van der Waals surface area contributed by atoms with Gasteiger partial charge in [-0.1, -0.05) is 24.3 Å². The number of ether oxygens (including phenoxy) is 1. The Morgan fingerprint density at radius 3 is 2.64 bits per heavy atom. The fourth-order valence-electron chi connectivity index (χ4n) is 1.36. The normalized spacial score (nSPS) is 11.7. The number of benzene rings is 1. The largest absolute Gasteiger partial charge is 0.380 e. The van der Waals surface area contributed by atoms with Crippen molar-refractivity contribution in [2.24, 2.45) is 0 Å². The second kappa shape index (κ2) is 4.58. The van der Waals surface area contributed by atoms with Crippen LogP contribution in [-0.4, -0.2) is 14.2 Å². The van der Waals surface area contributed by atoms with Crippen LogP contribution >= 0.6 is 0 Å². The third kappa shape index (κ3) is 2.56. The lowest BCUT2D eigenvalue weighted by molar-refractivity contribution is 0.184. The Morgan fingerprint density at radius 2 is 2.07 bits per heavy atom. The van der Waals surface area contributed by atoms with Gasteiger partial charge in [0, 0.05) is 12.6 Å². The molecule has 0 radical (unpaired) electrons. The number of hydrogen-bond donors (Lipinski definition) is 1. The second-order valence-electron chi connectivity index (χ2n) is 4.01. The van der Waals surface area contributed by atoms with Crippen molar-refractivity contribution in [1.29, 1.82) is 0 Å². The number of nitrogens with one attached hydrogen (secondary N) is 1. The molecule has 0 aliphatic heterocycles. The highest BCUT2D eigenvalue weighted by Gasteiger charge is 2.17. The zero-order valence-electron chi connectivity index (χ0n) is 9.42. The van der Waals surface area contributed by atoms with Gasteiger partial charge in [0.2, 0.25) is 0 Å². The molecule has 0 spiro atoms. The maximum Gasteiger partial charge on any atom is 0.0713 e. The first-order valence-electron chi connectivity index (χ1n) is 4.87. The van der Waals surface area contributed by atoms with Crippen LogP contribution in [0, 0.1) is 0 Å². The predicted octanol–water partition coefficient (Wildman–Crippen LogP) is 2.29. The zero-order valence-corrected chi connectivity index (χ0v) is 9.42. The maximum atomic E-state index is 5.11. The van der Waals surface area contributed by atoms with Gasteiger partial charge in [-0.05, 0) is 32.0 Å². The van der Waals surface area contributed by atoms with E-state index in [1.165, 1.54) is 11.1 Å². The van der Waals surface area contributed by atoms with Crippen LogP contribution in [0.15, 0.2) is 24.3 Å². The molecule has 1 aromatic carbocycles. The van der Waals surface area contributed by atoms with Gasteiger partial charge in [0.15, 0.2) is 0 Å². The van der Waals surface area contributed by atoms with Crippen molar-refractivity contribution in [1.82, 2.24) is 5.32 Å². The van der Waals surface area contributed by atoms with E-state index in [1.807, 2.05) is 7.05 Å². The van der Waals surface area contributed by atoms with Crippen molar-refractivity contribution in [2.75, 3.05) is 14.2 Å². The third-order valence-corrected chi connectivity index (χ3v) is 2.58. The number of hydrogen-bond acceptors (Lipinski definition) is 2. The highest BCUT2D eigenvalue weighted by Crippen LogP contribution is 2.20. The Kier molecular flexibility index (Phi) is 3.67. The van der Waals surface area contributed by atoms with Crippen LogP contribution in [0.1, 0.15) is 25.0 Å². The lowest BCUT2D eigenvalue weighted by Crippen LogP contribution is -2.33. The van der Waals surface area contributed by atoms with Gasteiger partial charge in [0.1, 0.15) is 0 Å². The summed E-state index contributed by atoms with van der Waals surface area (Å²) in [6.07, 6.45) is 0. The van der Waals surface area contributed by atoms with E-state index in [0.29, 0.717) is 6.61 Å². The van der Waals surface area contributed by atoms with Gasteiger partial charge in [-0.3, -0.25) is 0 Å². The first-order chi connectivity index (χ1) is 6.60. The average Bonchev–Trinajstić information content (AvgIpc) is 2.19. The zero-order chi connectivity index (χ0) is 10.6. The molecule has 1 aromatic rings. The maximum absolute atomic E-state index is 5.11. The molecule has 0 saturated heterocycles. The van der Waals surface area contributed by atoms with Gasteiger partial charge in [0.05, 0.1) is 6.61 Å². The first kappa shape index (κ1) is 11.2. The standard InChI is InChI=1S/C12H19NO/c1-12(2,13-3)11-7-5-6-10(8-11)9-14-4/h5-8,13H,9H2,1-4H3. The minimum Gasteiger partial charge on any atom is -0.380 e. The molecule has 0 fully saturated rings. The quantitative estimate of drug-likeness (QED) is 0.792. The molecular weight excluding hydrogens is 174 g/mol. The topological polar surface area (TPSA) is 21.3 Å². The van der Waals surface area contributed by atoms with Gasteiger partial charge in [-0.25, -0.2) is 0 Å². The van der Waals surface area contributed by atoms with Crippen molar-refractivity contribution >= 4 is 0 Å². The lowest BCUT2D eigenvalue weighted by atomic mass is 9.93. The van der Waals surface area contributed by atoms with Gasteiger partial charge >= 0.3 is 0 Å². The summed E-state index contributed by atoms with van der Waals surface area (Å²) >= 11 is 0. The average molecular weight is 193 g/mol. The van der Waals surface area contributed by atoms with E-state index in [4.69, 9.17) is 4.74 Å². The lowest BCUT2D eigenvalue weighted by Gasteiger charge is -2.25. The Hall–Kier alpha value is -0.860. The second-order valence-corrected chi connectivity index (χ2v) is 4.01. The summed E-state index contributed by atoms with van der Waals surface area (Å²) < 4.78 is 5.11. The molecule has 0 heterocycles. The van der Waals surface area contributed by atoms with Gasteiger partial charge < -0.3 is 10.1 Å². The van der Waals surface area contributed by atoms with Crippen LogP contribution in [0.4, 0.5) is 0 Å². The van der Waals surface area contributed by atoms with Crippen LogP contribution in [0.2, 0.25) is 0 Å². The Morgan fingerprint density at radius 1 is 1.36 bits per heavy atom. The molecule has 2 nitrogen and oxygen atoms in total. The summed E-state index contributed by atoms with van der Waals surface area (Å²) in [4.78, 5) is 0. The Balaban J connectivity index is 2.93. The van der Waals surface area contributed by atoms with E-state index in [0.717, 1.165) is 0 Å². The van der Waals surface area contributed by atoms with E-state index >= 15 is 0 Å². The van der Waals surface area contributed by atoms with Crippen molar-refractivity contribution in [3.63, 3.8) is 0 Å². The summed E-state index contributed by atoms with van der Waals surface area (Å²) in [5, 5.41) is 3.29. The van der Waals surface area contributed by atoms with Crippen LogP contribution in [0.25, 0.3) is 0 Å². The summed E-state index contributed by atoms with van der Waals surface area (Å²) in [6.45, 7) is 5.01. The molecule has 0 bridgehead atoms. The van der Waals surface area contributed by atoms with E-state index in [1.54, 1.807) is 7.11 Å². The van der Waals surface area contributed by atoms with E-state index in [-0.39, 0.29) is 5.54 Å². The van der Waals surface area contributed by atoms with Crippen molar-refractivity contribution in [2.45, 2.75) is 26.0 Å². The first-order valence-corrected chi connectivity index (χ1v) is 4.87. The fraction of sp³-hybridized carbons (Fsp3) is 0.500. The highest BCUT2D eigenvalue weighted by atomic mass is 16.5.